The van der Waals surface area contributed by atoms with Crippen molar-refractivity contribution in [3.8, 4) is 5.69 Å². The van der Waals surface area contributed by atoms with Crippen LogP contribution < -0.4 is 4.90 Å². The van der Waals surface area contributed by atoms with Gasteiger partial charge in [-0.15, -0.1) is 0 Å². The Labute approximate surface area is 205 Å². The van der Waals surface area contributed by atoms with E-state index in [2.05, 4.69) is 20.5 Å². The Morgan fingerprint density at radius 2 is 1.71 bits per heavy atom. The van der Waals surface area contributed by atoms with Gasteiger partial charge in [0.1, 0.15) is 18.3 Å². The van der Waals surface area contributed by atoms with Gasteiger partial charge in [0.05, 0.1) is 28.9 Å². The van der Waals surface area contributed by atoms with Gasteiger partial charge in [-0.2, -0.15) is 0 Å². The van der Waals surface area contributed by atoms with Gasteiger partial charge in [0.25, 0.3) is 5.91 Å². The zero-order valence-electron chi connectivity index (χ0n) is 18.3. The van der Waals surface area contributed by atoms with E-state index < -0.39 is 6.04 Å². The molecule has 1 atom stereocenters. The second kappa shape index (κ2) is 8.33. The van der Waals surface area contributed by atoms with E-state index >= 15 is 0 Å². The highest BCUT2D eigenvalue weighted by Gasteiger charge is 2.41. The molecule has 1 aliphatic carbocycles. The van der Waals surface area contributed by atoms with Gasteiger partial charge in [-0.3, -0.25) is 14.5 Å². The first-order valence-corrected chi connectivity index (χ1v) is 12.1. The highest BCUT2D eigenvalue weighted by Crippen LogP contribution is 2.42. The normalized spacial score (nSPS) is 16.6. The molecule has 2 aromatic heterocycles. The quantitative estimate of drug-likeness (QED) is 0.349. The lowest BCUT2D eigenvalue weighted by atomic mass is 10.0. The number of amides is 2. The molecule has 0 saturated heterocycles. The maximum atomic E-state index is 14.0. The van der Waals surface area contributed by atoms with Crippen molar-refractivity contribution in [2.75, 3.05) is 11.4 Å². The fourth-order valence-corrected chi connectivity index (χ4v) is 5.20. The van der Waals surface area contributed by atoms with Crippen LogP contribution in [0.15, 0.2) is 94.1 Å². The number of rotatable bonds is 5. The third kappa shape index (κ3) is 3.47. The Kier molecular flexibility index (Phi) is 5.14. The molecule has 1 unspecified atom stereocenters. The monoisotopic (exact) mass is 515 g/mol. The number of fused-ring (bicyclic) bond motifs is 3. The summed E-state index contributed by atoms with van der Waals surface area (Å²) < 4.78 is 8.62. The van der Waals surface area contributed by atoms with Crippen LogP contribution in [-0.2, 0) is 4.79 Å². The van der Waals surface area contributed by atoms with Gasteiger partial charge in [0.15, 0.2) is 0 Å². The van der Waals surface area contributed by atoms with Crippen molar-refractivity contribution in [3.05, 3.63) is 107 Å². The van der Waals surface area contributed by atoms with E-state index in [1.807, 2.05) is 72.9 Å². The smallest absolute Gasteiger partial charge is 0.255 e. The molecule has 0 N–H and O–H groups in total. The minimum Gasteiger partial charge on any atom is -0.467 e. The molecular weight excluding hydrogens is 494 g/mol. The summed E-state index contributed by atoms with van der Waals surface area (Å²) in [5.74, 6) is 0.401. The van der Waals surface area contributed by atoms with Crippen LogP contribution in [0.5, 0.6) is 0 Å². The number of hydrogen-bond acceptors (Lipinski definition) is 3. The van der Waals surface area contributed by atoms with E-state index in [1.54, 1.807) is 22.1 Å². The van der Waals surface area contributed by atoms with E-state index in [9.17, 15) is 9.59 Å². The topological polar surface area (TPSA) is 58.7 Å². The Bertz CT molecular complexity index is 1370. The number of nitrogens with zero attached hydrogens (tertiary/aromatic N) is 3. The number of carbonyl (C=O) groups excluding carboxylic acids is 2. The second-order valence-corrected chi connectivity index (χ2v) is 9.47. The minimum absolute atomic E-state index is 0.00289. The summed E-state index contributed by atoms with van der Waals surface area (Å²) >= 11 is 3.49. The average Bonchev–Trinajstić information content (AvgIpc) is 3.32. The molecule has 1 fully saturated rings. The van der Waals surface area contributed by atoms with Gasteiger partial charge in [-0.05, 0) is 77.3 Å². The van der Waals surface area contributed by atoms with E-state index in [0.29, 0.717) is 11.3 Å². The van der Waals surface area contributed by atoms with Gasteiger partial charge in [0.2, 0.25) is 5.91 Å². The van der Waals surface area contributed by atoms with Crippen LogP contribution in [0.4, 0.5) is 5.69 Å². The molecule has 4 aromatic rings. The number of anilines is 1. The van der Waals surface area contributed by atoms with Crippen molar-refractivity contribution in [2.45, 2.75) is 24.9 Å². The van der Waals surface area contributed by atoms with Crippen LogP contribution in [0, 0.1) is 0 Å². The summed E-state index contributed by atoms with van der Waals surface area (Å²) in [6, 6.07) is 22.6. The summed E-state index contributed by atoms with van der Waals surface area (Å²) in [5.41, 5.74) is 3.23. The third-order valence-corrected chi connectivity index (χ3v) is 7.15. The predicted molar refractivity (Wildman–Crippen MR) is 132 cm³/mol. The molecule has 6 nitrogen and oxygen atoms in total. The van der Waals surface area contributed by atoms with Crippen LogP contribution >= 0.6 is 15.9 Å². The zero-order chi connectivity index (χ0) is 23.2. The first kappa shape index (κ1) is 21.0. The first-order valence-electron chi connectivity index (χ1n) is 11.3. The van der Waals surface area contributed by atoms with Crippen molar-refractivity contribution in [2.24, 2.45) is 0 Å². The highest BCUT2D eigenvalue weighted by molar-refractivity contribution is 9.10. The lowest BCUT2D eigenvalue weighted by Crippen LogP contribution is -2.47. The number of carbonyl (C=O) groups is 2. The summed E-state index contributed by atoms with van der Waals surface area (Å²) in [4.78, 5) is 31.0. The molecule has 2 aliphatic rings. The molecule has 170 valence electrons. The van der Waals surface area contributed by atoms with Gasteiger partial charge in [-0.1, -0.05) is 24.3 Å². The molecule has 1 saturated carbocycles. The van der Waals surface area contributed by atoms with Gasteiger partial charge in [0, 0.05) is 16.7 Å². The molecule has 0 spiro atoms. The van der Waals surface area contributed by atoms with Crippen LogP contribution in [0.25, 0.3) is 5.69 Å². The van der Waals surface area contributed by atoms with E-state index in [4.69, 9.17) is 4.42 Å². The van der Waals surface area contributed by atoms with Crippen molar-refractivity contribution in [1.82, 2.24) is 9.47 Å². The molecule has 6 rings (SSSR count). The summed E-state index contributed by atoms with van der Waals surface area (Å²) in [7, 11) is 0. The Hall–Kier alpha value is -3.58. The molecule has 0 radical (unpaired) electrons. The number of hydrogen-bond donors (Lipinski definition) is 0. The second-order valence-electron chi connectivity index (χ2n) is 8.62. The lowest BCUT2D eigenvalue weighted by molar-refractivity contribution is -0.120. The summed E-state index contributed by atoms with van der Waals surface area (Å²) in [6.45, 7) is -0.00289. The zero-order valence-corrected chi connectivity index (χ0v) is 19.9. The van der Waals surface area contributed by atoms with E-state index in [0.717, 1.165) is 34.4 Å². The molecule has 0 bridgehead atoms. The van der Waals surface area contributed by atoms with Crippen LogP contribution in [0.1, 0.15) is 40.7 Å². The number of halogens is 1. The average molecular weight is 516 g/mol. The Morgan fingerprint density at radius 1 is 0.941 bits per heavy atom. The number of para-hydroxylation sites is 2. The number of aromatic nitrogens is 1. The van der Waals surface area contributed by atoms with Crippen molar-refractivity contribution < 1.29 is 14.0 Å². The fraction of sp³-hybridized carbons (Fsp3) is 0.185. The largest absolute Gasteiger partial charge is 0.467 e. The first-order chi connectivity index (χ1) is 16.6. The van der Waals surface area contributed by atoms with Gasteiger partial charge >= 0.3 is 0 Å². The summed E-state index contributed by atoms with van der Waals surface area (Å²) in [6.07, 6.45) is 5.44. The third-order valence-electron chi connectivity index (χ3n) is 6.46. The SMILES string of the molecule is O=C(c1ccccc1Br)N(CC(=O)N1c2ccccc2-n2cccc2C1c1ccco1)C1CC1. The molecule has 1 aliphatic heterocycles. The Balaban J connectivity index is 1.40. The lowest BCUT2D eigenvalue weighted by Gasteiger charge is -2.38. The van der Waals surface area contributed by atoms with Crippen LogP contribution in [0.2, 0.25) is 0 Å². The Morgan fingerprint density at radius 3 is 2.44 bits per heavy atom. The standard InChI is InChI=1S/C27H22BrN3O3/c28-20-8-2-1-7-19(20)27(33)30(18-13-14-18)17-25(32)31-22-10-4-3-9-21(22)29-15-5-11-23(29)26(31)24-12-6-16-34-24/h1-12,15-16,18,26H,13-14,17H2. The molecule has 2 aromatic carbocycles. The van der Waals surface area contributed by atoms with Gasteiger partial charge in [-0.25, -0.2) is 0 Å². The van der Waals surface area contributed by atoms with Crippen molar-refractivity contribution in [3.63, 3.8) is 0 Å². The molecule has 7 heteroatoms. The summed E-state index contributed by atoms with van der Waals surface area (Å²) in [5, 5.41) is 0. The number of furan rings is 1. The van der Waals surface area contributed by atoms with Gasteiger partial charge < -0.3 is 13.9 Å². The van der Waals surface area contributed by atoms with Crippen molar-refractivity contribution >= 4 is 33.4 Å². The fourth-order valence-electron chi connectivity index (χ4n) is 4.74. The van der Waals surface area contributed by atoms with E-state index in [-0.39, 0.29) is 24.4 Å². The van der Waals surface area contributed by atoms with Crippen LogP contribution in [-0.4, -0.2) is 33.9 Å². The molecule has 3 heterocycles. The van der Waals surface area contributed by atoms with Crippen LogP contribution in [0.3, 0.4) is 0 Å². The van der Waals surface area contributed by atoms with Crippen molar-refractivity contribution in [1.29, 1.82) is 0 Å². The number of benzene rings is 2. The molecule has 2 amide bonds. The molecular formula is C27H22BrN3O3. The predicted octanol–water partition coefficient (Wildman–Crippen LogP) is 5.57. The highest BCUT2D eigenvalue weighted by atomic mass is 79.9. The maximum absolute atomic E-state index is 14.0. The van der Waals surface area contributed by atoms with E-state index in [1.165, 1.54) is 0 Å². The molecule has 34 heavy (non-hydrogen) atoms. The minimum atomic E-state index is -0.424. The maximum Gasteiger partial charge on any atom is 0.255 e.